The minimum atomic E-state index is 0.00750. The van der Waals surface area contributed by atoms with Gasteiger partial charge in [-0.05, 0) is 31.6 Å². The van der Waals surface area contributed by atoms with Crippen molar-refractivity contribution < 1.29 is 14.3 Å². The van der Waals surface area contributed by atoms with Gasteiger partial charge in [0.1, 0.15) is 0 Å². The molecule has 3 fully saturated rings. The number of hydrogen-bond donors (Lipinski definition) is 1. The van der Waals surface area contributed by atoms with Crippen LogP contribution in [0.1, 0.15) is 32.6 Å². The summed E-state index contributed by atoms with van der Waals surface area (Å²) in [5, 5.41) is 3.11. The van der Waals surface area contributed by atoms with Gasteiger partial charge in [0, 0.05) is 45.3 Å². The Hall–Kier alpha value is -1.50. The van der Waals surface area contributed by atoms with Crippen molar-refractivity contribution in [3.05, 3.63) is 0 Å². The molecule has 24 heavy (non-hydrogen) atoms. The van der Waals surface area contributed by atoms with Gasteiger partial charge in [-0.2, -0.15) is 0 Å². The highest BCUT2D eigenvalue weighted by molar-refractivity contribution is 5.75. The number of hydrogen-bond acceptors (Lipinski definition) is 3. The number of ether oxygens (including phenoxy) is 1. The molecule has 0 aliphatic carbocycles. The Morgan fingerprint density at radius 1 is 0.833 bits per heavy atom. The van der Waals surface area contributed by atoms with E-state index in [0.717, 1.165) is 57.8 Å². The SMILES string of the molecule is CC1CCN(C(=O)N2CCC(NC(=O)N3CCOCC3)CC2)CC1. The van der Waals surface area contributed by atoms with Gasteiger partial charge in [-0.1, -0.05) is 6.92 Å². The Morgan fingerprint density at radius 3 is 1.96 bits per heavy atom. The van der Waals surface area contributed by atoms with Crippen LogP contribution < -0.4 is 5.32 Å². The molecule has 7 heteroatoms. The van der Waals surface area contributed by atoms with Gasteiger partial charge in [-0.3, -0.25) is 0 Å². The fraction of sp³-hybridized carbons (Fsp3) is 0.882. The average Bonchev–Trinajstić information content (AvgIpc) is 2.63. The first-order chi connectivity index (χ1) is 11.6. The highest BCUT2D eigenvalue weighted by Gasteiger charge is 2.29. The lowest BCUT2D eigenvalue weighted by Gasteiger charge is -2.38. The molecule has 3 heterocycles. The van der Waals surface area contributed by atoms with E-state index >= 15 is 0 Å². The highest BCUT2D eigenvalue weighted by Crippen LogP contribution is 2.19. The Balaban J connectivity index is 1.40. The van der Waals surface area contributed by atoms with Crippen molar-refractivity contribution in [2.75, 3.05) is 52.5 Å². The van der Waals surface area contributed by atoms with Crippen LogP contribution in [0.4, 0.5) is 9.59 Å². The Bertz CT molecular complexity index is 437. The maximum Gasteiger partial charge on any atom is 0.320 e. The van der Waals surface area contributed by atoms with Crippen LogP contribution >= 0.6 is 0 Å². The van der Waals surface area contributed by atoms with E-state index in [4.69, 9.17) is 4.74 Å². The topological polar surface area (TPSA) is 65.1 Å². The molecule has 1 N–H and O–H groups in total. The first-order valence-corrected chi connectivity index (χ1v) is 9.30. The van der Waals surface area contributed by atoms with Crippen LogP contribution in [0, 0.1) is 5.92 Å². The number of nitrogens with one attached hydrogen (secondary N) is 1. The molecule has 0 spiro atoms. The first-order valence-electron chi connectivity index (χ1n) is 9.30. The van der Waals surface area contributed by atoms with E-state index in [0.29, 0.717) is 26.3 Å². The molecule has 0 aromatic heterocycles. The van der Waals surface area contributed by atoms with E-state index in [2.05, 4.69) is 12.2 Å². The zero-order chi connectivity index (χ0) is 16.9. The number of carbonyl (C=O) groups excluding carboxylic acids is 2. The lowest BCUT2D eigenvalue weighted by atomic mass is 9.99. The molecule has 3 rings (SSSR count). The number of amides is 4. The molecule has 136 valence electrons. The van der Waals surface area contributed by atoms with Gasteiger partial charge in [0.2, 0.25) is 0 Å². The summed E-state index contributed by atoms with van der Waals surface area (Å²) in [7, 11) is 0. The van der Waals surface area contributed by atoms with Gasteiger partial charge in [-0.15, -0.1) is 0 Å². The first kappa shape index (κ1) is 17.3. The summed E-state index contributed by atoms with van der Waals surface area (Å²) in [6, 6.07) is 0.360. The molecule has 0 saturated carbocycles. The highest BCUT2D eigenvalue weighted by atomic mass is 16.5. The maximum absolute atomic E-state index is 12.6. The lowest BCUT2D eigenvalue weighted by Crippen LogP contribution is -2.54. The predicted molar refractivity (Wildman–Crippen MR) is 90.9 cm³/mol. The quantitative estimate of drug-likeness (QED) is 0.785. The summed E-state index contributed by atoms with van der Waals surface area (Å²) in [4.78, 5) is 30.6. The van der Waals surface area contributed by atoms with Crippen LogP contribution in [0.5, 0.6) is 0 Å². The van der Waals surface area contributed by atoms with E-state index in [1.54, 1.807) is 0 Å². The normalized spacial score (nSPS) is 24.1. The minimum absolute atomic E-state index is 0.00750. The van der Waals surface area contributed by atoms with Gasteiger partial charge in [0.25, 0.3) is 0 Å². The summed E-state index contributed by atoms with van der Waals surface area (Å²) >= 11 is 0. The smallest absolute Gasteiger partial charge is 0.320 e. The zero-order valence-corrected chi connectivity index (χ0v) is 14.7. The van der Waals surface area contributed by atoms with Gasteiger partial charge in [-0.25, -0.2) is 9.59 Å². The molecule has 0 aromatic rings. The maximum atomic E-state index is 12.6. The minimum Gasteiger partial charge on any atom is -0.378 e. The number of nitrogens with zero attached hydrogens (tertiary/aromatic N) is 3. The third kappa shape index (κ3) is 4.32. The number of likely N-dealkylation sites (tertiary alicyclic amines) is 2. The van der Waals surface area contributed by atoms with Crippen LogP contribution in [-0.4, -0.2) is 85.3 Å². The van der Waals surface area contributed by atoms with Crippen molar-refractivity contribution in [1.82, 2.24) is 20.0 Å². The van der Waals surface area contributed by atoms with Gasteiger partial charge in [0.05, 0.1) is 13.2 Å². The van der Waals surface area contributed by atoms with Gasteiger partial charge < -0.3 is 24.8 Å². The number of carbonyl (C=O) groups is 2. The Kier molecular flexibility index (Phi) is 5.81. The number of rotatable bonds is 1. The summed E-state index contributed by atoms with van der Waals surface area (Å²) in [5.41, 5.74) is 0. The van der Waals surface area contributed by atoms with Crippen molar-refractivity contribution in [2.24, 2.45) is 5.92 Å². The van der Waals surface area contributed by atoms with Crippen LogP contribution in [0.25, 0.3) is 0 Å². The Morgan fingerprint density at radius 2 is 1.38 bits per heavy atom. The van der Waals surface area contributed by atoms with Crippen molar-refractivity contribution >= 4 is 12.1 Å². The van der Waals surface area contributed by atoms with E-state index in [9.17, 15) is 9.59 Å². The molecular formula is C17H30N4O3. The molecule has 0 bridgehead atoms. The van der Waals surface area contributed by atoms with Crippen molar-refractivity contribution in [3.63, 3.8) is 0 Å². The summed E-state index contributed by atoms with van der Waals surface area (Å²) in [5.74, 6) is 0.732. The number of morpholine rings is 1. The van der Waals surface area contributed by atoms with Crippen LogP contribution in [0.2, 0.25) is 0 Å². The van der Waals surface area contributed by atoms with Crippen LogP contribution in [-0.2, 0) is 4.74 Å². The van der Waals surface area contributed by atoms with Crippen molar-refractivity contribution in [3.8, 4) is 0 Å². The lowest BCUT2D eigenvalue weighted by molar-refractivity contribution is 0.0517. The summed E-state index contributed by atoms with van der Waals surface area (Å²) < 4.78 is 5.27. The molecular weight excluding hydrogens is 308 g/mol. The molecule has 0 radical (unpaired) electrons. The monoisotopic (exact) mass is 338 g/mol. The molecule has 7 nitrogen and oxygen atoms in total. The van der Waals surface area contributed by atoms with Crippen molar-refractivity contribution in [2.45, 2.75) is 38.6 Å². The molecule has 0 unspecified atom stereocenters. The predicted octanol–water partition coefficient (Wildman–Crippen LogP) is 1.34. The van der Waals surface area contributed by atoms with E-state index < -0.39 is 0 Å². The molecule has 3 aliphatic heterocycles. The van der Waals surface area contributed by atoms with Gasteiger partial charge in [0.15, 0.2) is 0 Å². The van der Waals surface area contributed by atoms with Crippen LogP contribution in [0.15, 0.2) is 0 Å². The standard InChI is InChI=1S/C17H30N4O3/c1-14-2-6-20(7-3-14)17(23)21-8-4-15(5-9-21)18-16(22)19-10-12-24-13-11-19/h14-15H,2-13H2,1H3,(H,18,22). The van der Waals surface area contributed by atoms with Gasteiger partial charge >= 0.3 is 12.1 Å². The Labute approximate surface area is 144 Å². The van der Waals surface area contributed by atoms with E-state index in [1.807, 2.05) is 14.7 Å². The fourth-order valence-corrected chi connectivity index (χ4v) is 3.65. The van der Waals surface area contributed by atoms with Crippen LogP contribution in [0.3, 0.4) is 0 Å². The summed E-state index contributed by atoms with van der Waals surface area (Å²) in [6.07, 6.45) is 3.90. The van der Waals surface area contributed by atoms with Crippen molar-refractivity contribution in [1.29, 1.82) is 0 Å². The largest absolute Gasteiger partial charge is 0.378 e. The second-order valence-electron chi connectivity index (χ2n) is 7.26. The molecule has 3 saturated heterocycles. The fourth-order valence-electron chi connectivity index (χ4n) is 3.65. The second kappa shape index (κ2) is 8.05. The molecule has 3 aliphatic rings. The molecule has 4 amide bonds. The number of urea groups is 2. The summed E-state index contributed by atoms with van der Waals surface area (Å²) in [6.45, 7) is 8.06. The third-order valence-electron chi connectivity index (χ3n) is 5.45. The third-order valence-corrected chi connectivity index (χ3v) is 5.45. The molecule has 0 aromatic carbocycles. The van der Waals surface area contributed by atoms with E-state index in [-0.39, 0.29) is 18.1 Å². The number of piperidine rings is 2. The van der Waals surface area contributed by atoms with E-state index in [1.165, 1.54) is 0 Å². The molecule has 0 atom stereocenters. The second-order valence-corrected chi connectivity index (χ2v) is 7.26. The average molecular weight is 338 g/mol. The zero-order valence-electron chi connectivity index (χ0n) is 14.7.